The zero-order valence-corrected chi connectivity index (χ0v) is 19.0. The van der Waals surface area contributed by atoms with Gasteiger partial charge in [0.1, 0.15) is 23.2 Å². The van der Waals surface area contributed by atoms with Crippen LogP contribution in [0.15, 0.2) is 24.4 Å². The van der Waals surface area contributed by atoms with Crippen LogP contribution in [-0.4, -0.2) is 29.7 Å². The van der Waals surface area contributed by atoms with Gasteiger partial charge in [-0.15, -0.1) is 0 Å². The molecule has 0 spiro atoms. The molecule has 1 heterocycles. The minimum atomic E-state index is 0.270. The lowest BCUT2D eigenvalue weighted by Crippen LogP contribution is -2.58. The largest absolute Gasteiger partial charge is 0.497 e. The Morgan fingerprint density at radius 1 is 1.25 bits per heavy atom. The van der Waals surface area contributed by atoms with Crippen LogP contribution in [-0.2, 0) is 6.54 Å². The van der Waals surface area contributed by atoms with Gasteiger partial charge in [0.2, 0.25) is 5.95 Å². The molecular weight excluding hydrogens is 424 g/mol. The molecule has 168 valence electrons. The van der Waals surface area contributed by atoms with Gasteiger partial charge in [-0.1, -0.05) is 11.6 Å². The fourth-order valence-corrected chi connectivity index (χ4v) is 6.58. The SMILES string of the molecule is COc1ccc(Cl)c(CNc2ncc(C#N)c(NCC34CC5C[C@H](C3)C(N)[C@@H](C5)C4)n2)c1. The number of halogens is 1. The van der Waals surface area contributed by atoms with Gasteiger partial charge in [-0.25, -0.2) is 4.98 Å². The highest BCUT2D eigenvalue weighted by molar-refractivity contribution is 6.31. The number of hydrogen-bond donors (Lipinski definition) is 3. The van der Waals surface area contributed by atoms with Crippen LogP contribution in [0.4, 0.5) is 11.8 Å². The van der Waals surface area contributed by atoms with Gasteiger partial charge in [-0.2, -0.15) is 10.2 Å². The Hall–Kier alpha value is -2.56. The highest BCUT2D eigenvalue weighted by atomic mass is 35.5. The Bertz CT molecular complexity index is 1040. The number of ether oxygens (including phenoxy) is 1. The minimum Gasteiger partial charge on any atom is -0.497 e. The van der Waals surface area contributed by atoms with Gasteiger partial charge >= 0.3 is 0 Å². The maximum atomic E-state index is 9.57. The summed E-state index contributed by atoms with van der Waals surface area (Å²) in [6, 6.07) is 8.10. The van der Waals surface area contributed by atoms with Gasteiger partial charge in [0.15, 0.2) is 0 Å². The van der Waals surface area contributed by atoms with E-state index in [0.29, 0.717) is 46.8 Å². The van der Waals surface area contributed by atoms with Crippen molar-refractivity contribution in [3.8, 4) is 11.8 Å². The Balaban J connectivity index is 1.29. The molecule has 1 aromatic carbocycles. The summed E-state index contributed by atoms with van der Waals surface area (Å²) >= 11 is 6.31. The summed E-state index contributed by atoms with van der Waals surface area (Å²) < 4.78 is 5.28. The molecule has 32 heavy (non-hydrogen) atoms. The Morgan fingerprint density at radius 3 is 2.75 bits per heavy atom. The molecule has 0 aliphatic heterocycles. The van der Waals surface area contributed by atoms with E-state index in [9.17, 15) is 5.26 Å². The van der Waals surface area contributed by atoms with E-state index in [1.165, 1.54) is 32.1 Å². The molecule has 4 bridgehead atoms. The van der Waals surface area contributed by atoms with E-state index in [1.807, 2.05) is 12.1 Å². The van der Waals surface area contributed by atoms with E-state index in [4.69, 9.17) is 22.1 Å². The monoisotopic (exact) mass is 452 g/mol. The minimum absolute atomic E-state index is 0.270. The average molecular weight is 453 g/mol. The second-order valence-corrected chi connectivity index (χ2v) is 10.2. The molecule has 5 atom stereocenters. The molecule has 4 aliphatic carbocycles. The van der Waals surface area contributed by atoms with Crippen LogP contribution < -0.4 is 21.1 Å². The molecular formula is C24H29ClN6O. The standard InChI is InChI=1S/C24H29ClN6O/c1-32-19-2-3-20(25)17(6-19)11-28-23-29-12-18(10-26)22(31-23)30-13-24-7-14-4-15(8-24)21(27)16(5-14)9-24/h2-3,6,12,14-16,21H,4-5,7-9,11,13,27H2,1H3,(H2,28,29,30,31)/t14?,15-,16+,21?,24?. The third-order valence-corrected chi connectivity index (χ3v) is 8.07. The van der Waals surface area contributed by atoms with Crippen LogP contribution in [0.3, 0.4) is 0 Å². The van der Waals surface area contributed by atoms with Crippen molar-refractivity contribution in [3.05, 3.63) is 40.5 Å². The fraction of sp³-hybridized carbons (Fsp3) is 0.542. The highest BCUT2D eigenvalue weighted by Crippen LogP contribution is 2.59. The van der Waals surface area contributed by atoms with E-state index in [2.05, 4.69) is 26.7 Å². The zero-order valence-electron chi connectivity index (χ0n) is 18.3. The number of nitrogens with two attached hydrogens (primary N) is 1. The second kappa shape index (κ2) is 8.42. The first kappa shape index (κ1) is 21.3. The molecule has 6 rings (SSSR count). The van der Waals surface area contributed by atoms with Crippen molar-refractivity contribution in [2.75, 3.05) is 24.3 Å². The lowest BCUT2D eigenvalue weighted by atomic mass is 9.48. The fourth-order valence-electron chi connectivity index (χ4n) is 6.39. The maximum Gasteiger partial charge on any atom is 0.224 e. The van der Waals surface area contributed by atoms with Crippen molar-refractivity contribution in [2.45, 2.75) is 44.7 Å². The lowest BCUT2D eigenvalue weighted by Gasteiger charge is -2.59. The predicted molar refractivity (Wildman–Crippen MR) is 125 cm³/mol. The van der Waals surface area contributed by atoms with E-state index >= 15 is 0 Å². The predicted octanol–water partition coefficient (Wildman–Crippen LogP) is 4.19. The highest BCUT2D eigenvalue weighted by Gasteiger charge is 2.54. The van der Waals surface area contributed by atoms with Crippen molar-refractivity contribution in [2.24, 2.45) is 28.9 Å². The molecule has 4 fully saturated rings. The van der Waals surface area contributed by atoms with Crippen molar-refractivity contribution < 1.29 is 4.74 Å². The number of methoxy groups -OCH3 is 1. The summed E-state index contributed by atoms with van der Waals surface area (Å²) in [5.74, 6) is 3.88. The van der Waals surface area contributed by atoms with Gasteiger partial charge in [0, 0.05) is 24.2 Å². The first-order chi connectivity index (χ1) is 15.5. The smallest absolute Gasteiger partial charge is 0.224 e. The van der Waals surface area contributed by atoms with Crippen LogP contribution in [0, 0.1) is 34.5 Å². The Kier molecular flexibility index (Phi) is 5.60. The number of benzene rings is 1. The van der Waals surface area contributed by atoms with Crippen LogP contribution in [0.1, 0.15) is 43.2 Å². The Morgan fingerprint density at radius 2 is 2.03 bits per heavy atom. The normalized spacial score (nSPS) is 30.1. The third-order valence-electron chi connectivity index (χ3n) is 7.70. The van der Waals surface area contributed by atoms with Gasteiger partial charge in [-0.3, -0.25) is 0 Å². The number of aromatic nitrogens is 2. The summed E-state index contributed by atoms with van der Waals surface area (Å²) in [6.07, 6.45) is 7.77. The number of nitrogens with zero attached hydrogens (tertiary/aromatic N) is 3. The van der Waals surface area contributed by atoms with Crippen molar-refractivity contribution in [3.63, 3.8) is 0 Å². The first-order valence-electron chi connectivity index (χ1n) is 11.3. The summed E-state index contributed by atoms with van der Waals surface area (Å²) in [4.78, 5) is 8.91. The molecule has 0 radical (unpaired) electrons. The molecule has 4 saturated carbocycles. The quantitative estimate of drug-likeness (QED) is 0.577. The number of nitriles is 1. The molecule has 7 nitrogen and oxygen atoms in total. The van der Waals surface area contributed by atoms with Gasteiger partial charge in [0.05, 0.1) is 13.3 Å². The number of anilines is 2. The summed E-state index contributed by atoms with van der Waals surface area (Å²) in [6.45, 7) is 1.28. The Labute approximate surface area is 193 Å². The molecule has 2 aromatic rings. The van der Waals surface area contributed by atoms with Crippen molar-refractivity contribution in [1.29, 1.82) is 5.26 Å². The van der Waals surface area contributed by atoms with Crippen LogP contribution in [0.25, 0.3) is 0 Å². The molecule has 0 amide bonds. The van der Waals surface area contributed by atoms with Crippen LogP contribution in [0.2, 0.25) is 5.02 Å². The lowest BCUT2D eigenvalue weighted by molar-refractivity contribution is -0.0591. The molecule has 3 unspecified atom stereocenters. The topological polar surface area (TPSA) is 109 Å². The third kappa shape index (κ3) is 3.98. The summed E-state index contributed by atoms with van der Waals surface area (Å²) in [5, 5.41) is 16.9. The first-order valence-corrected chi connectivity index (χ1v) is 11.7. The van der Waals surface area contributed by atoms with E-state index in [1.54, 1.807) is 19.4 Å². The van der Waals surface area contributed by atoms with Crippen LogP contribution in [0.5, 0.6) is 5.75 Å². The maximum absolute atomic E-state index is 9.57. The second-order valence-electron chi connectivity index (χ2n) is 9.78. The van der Waals surface area contributed by atoms with Gasteiger partial charge in [-0.05, 0) is 79.0 Å². The van der Waals surface area contributed by atoms with Crippen molar-refractivity contribution >= 4 is 23.4 Å². The molecule has 8 heteroatoms. The van der Waals surface area contributed by atoms with E-state index < -0.39 is 0 Å². The van der Waals surface area contributed by atoms with Crippen LogP contribution >= 0.6 is 11.6 Å². The van der Waals surface area contributed by atoms with Gasteiger partial charge in [0.25, 0.3) is 0 Å². The van der Waals surface area contributed by atoms with E-state index in [0.717, 1.165) is 23.8 Å². The van der Waals surface area contributed by atoms with Crippen molar-refractivity contribution in [1.82, 2.24) is 9.97 Å². The molecule has 0 saturated heterocycles. The zero-order chi connectivity index (χ0) is 22.3. The van der Waals surface area contributed by atoms with E-state index in [-0.39, 0.29) is 5.41 Å². The molecule has 4 N–H and O–H groups in total. The molecule has 1 aromatic heterocycles. The number of hydrogen-bond acceptors (Lipinski definition) is 7. The summed E-state index contributed by atoms with van der Waals surface area (Å²) in [5.41, 5.74) is 8.11. The summed E-state index contributed by atoms with van der Waals surface area (Å²) in [7, 11) is 1.62. The van der Waals surface area contributed by atoms with Gasteiger partial charge < -0.3 is 21.1 Å². The number of rotatable bonds is 7. The number of nitrogens with one attached hydrogen (secondary N) is 2. The average Bonchev–Trinajstić information content (AvgIpc) is 2.80. The molecule has 4 aliphatic rings.